The van der Waals surface area contributed by atoms with Crippen LogP contribution in [0.4, 0.5) is 5.69 Å². The molecule has 0 aliphatic carbocycles. The Morgan fingerprint density at radius 2 is 1.58 bits per heavy atom. The predicted molar refractivity (Wildman–Crippen MR) is 73.5 cm³/mol. The summed E-state index contributed by atoms with van der Waals surface area (Å²) < 4.78 is 0. The number of carbonyl (C=O) groups is 1. The number of fused-ring (bicyclic) bond motifs is 2. The molecule has 3 rings (SSSR count). The minimum Gasteiger partial charge on any atom is -0.321 e. The van der Waals surface area contributed by atoms with Crippen molar-refractivity contribution in [1.29, 1.82) is 5.26 Å². The van der Waals surface area contributed by atoms with Crippen LogP contribution in [0.25, 0.3) is 5.57 Å². The van der Waals surface area contributed by atoms with E-state index in [1.165, 1.54) is 6.08 Å². The zero-order valence-electron chi connectivity index (χ0n) is 10.1. The van der Waals surface area contributed by atoms with Gasteiger partial charge in [0.2, 0.25) is 0 Å². The van der Waals surface area contributed by atoms with E-state index in [0.29, 0.717) is 5.56 Å². The van der Waals surface area contributed by atoms with Gasteiger partial charge in [-0.15, -0.1) is 0 Å². The third kappa shape index (κ3) is 1.80. The molecular formula is C16H10N2O. The van der Waals surface area contributed by atoms with Crippen molar-refractivity contribution in [3.05, 3.63) is 71.3 Å². The summed E-state index contributed by atoms with van der Waals surface area (Å²) >= 11 is 0. The summed E-state index contributed by atoms with van der Waals surface area (Å²) in [5.74, 6) is -0.149. The van der Waals surface area contributed by atoms with E-state index in [1.807, 2.05) is 42.5 Å². The number of carbonyl (C=O) groups excluding carboxylic acids is 1. The molecule has 0 radical (unpaired) electrons. The second-order valence-electron chi connectivity index (χ2n) is 4.23. The van der Waals surface area contributed by atoms with E-state index in [1.54, 1.807) is 6.07 Å². The van der Waals surface area contributed by atoms with Gasteiger partial charge in [0.05, 0.1) is 6.07 Å². The summed E-state index contributed by atoms with van der Waals surface area (Å²) in [4.78, 5) is 12.2. The molecule has 1 N–H and O–H groups in total. The first-order valence-corrected chi connectivity index (χ1v) is 5.91. The topological polar surface area (TPSA) is 52.9 Å². The minimum absolute atomic E-state index is 0.149. The van der Waals surface area contributed by atoms with Gasteiger partial charge in [-0.2, -0.15) is 5.26 Å². The maximum absolute atomic E-state index is 12.2. The Morgan fingerprint density at radius 3 is 2.32 bits per heavy atom. The van der Waals surface area contributed by atoms with Gasteiger partial charge in [-0.1, -0.05) is 36.4 Å². The predicted octanol–water partition coefficient (Wildman–Crippen LogP) is 3.21. The average Bonchev–Trinajstić information content (AvgIpc) is 2.56. The van der Waals surface area contributed by atoms with E-state index in [2.05, 4.69) is 11.4 Å². The van der Waals surface area contributed by atoms with Crippen LogP contribution in [0.3, 0.4) is 0 Å². The van der Waals surface area contributed by atoms with Gasteiger partial charge in [-0.3, -0.25) is 4.79 Å². The van der Waals surface area contributed by atoms with Crippen molar-refractivity contribution in [3.63, 3.8) is 0 Å². The molecule has 3 nitrogen and oxygen atoms in total. The Labute approximate surface area is 110 Å². The number of nitrogens with zero attached hydrogens (tertiary/aromatic N) is 1. The lowest BCUT2D eigenvalue weighted by atomic mass is 9.94. The second kappa shape index (κ2) is 4.43. The number of allylic oxidation sites excluding steroid dienone is 1. The second-order valence-corrected chi connectivity index (χ2v) is 4.23. The summed E-state index contributed by atoms with van der Waals surface area (Å²) in [5, 5.41) is 11.9. The molecule has 0 fully saturated rings. The summed E-state index contributed by atoms with van der Waals surface area (Å²) in [7, 11) is 0. The highest BCUT2D eigenvalue weighted by Gasteiger charge is 2.22. The van der Waals surface area contributed by atoms with Crippen LogP contribution < -0.4 is 5.32 Å². The molecule has 0 unspecified atom stereocenters. The largest absolute Gasteiger partial charge is 0.321 e. The van der Waals surface area contributed by atoms with Crippen LogP contribution in [0.2, 0.25) is 0 Å². The summed E-state index contributed by atoms with van der Waals surface area (Å²) in [6.07, 6.45) is 1.48. The highest BCUT2D eigenvalue weighted by Crippen LogP contribution is 2.34. The van der Waals surface area contributed by atoms with E-state index < -0.39 is 0 Å². The average molecular weight is 246 g/mol. The summed E-state index contributed by atoms with van der Waals surface area (Å²) in [6, 6.07) is 16.9. The van der Waals surface area contributed by atoms with E-state index in [9.17, 15) is 4.79 Å². The Balaban J connectivity index is 2.36. The number of hydrogen-bond acceptors (Lipinski definition) is 2. The molecule has 90 valence electrons. The lowest BCUT2D eigenvalue weighted by molar-refractivity contribution is 0.102. The van der Waals surface area contributed by atoms with Crippen LogP contribution >= 0.6 is 0 Å². The molecule has 0 bridgehead atoms. The minimum atomic E-state index is -0.149. The molecule has 0 saturated heterocycles. The first-order chi connectivity index (χ1) is 9.31. The smallest absolute Gasteiger partial charge is 0.256 e. The molecule has 2 aromatic carbocycles. The molecule has 0 spiro atoms. The van der Waals surface area contributed by atoms with E-state index in [4.69, 9.17) is 5.26 Å². The molecule has 1 amide bonds. The number of benzene rings is 2. The van der Waals surface area contributed by atoms with E-state index in [-0.39, 0.29) is 5.91 Å². The third-order valence-electron chi connectivity index (χ3n) is 3.14. The van der Waals surface area contributed by atoms with E-state index >= 15 is 0 Å². The molecule has 2 aromatic rings. The van der Waals surface area contributed by atoms with Gasteiger partial charge in [-0.25, -0.2) is 0 Å². The van der Waals surface area contributed by atoms with Crippen LogP contribution in [-0.4, -0.2) is 5.91 Å². The first-order valence-electron chi connectivity index (χ1n) is 5.91. The van der Waals surface area contributed by atoms with Crippen molar-refractivity contribution in [3.8, 4) is 6.07 Å². The maximum Gasteiger partial charge on any atom is 0.256 e. The van der Waals surface area contributed by atoms with Gasteiger partial charge >= 0.3 is 0 Å². The Kier molecular flexibility index (Phi) is 2.62. The number of nitrogens with one attached hydrogen (secondary N) is 1. The molecule has 19 heavy (non-hydrogen) atoms. The van der Waals surface area contributed by atoms with Crippen molar-refractivity contribution < 1.29 is 4.79 Å². The highest BCUT2D eigenvalue weighted by molar-refractivity contribution is 6.12. The quantitative estimate of drug-likeness (QED) is 0.726. The van der Waals surface area contributed by atoms with Crippen LogP contribution in [0.5, 0.6) is 0 Å². The van der Waals surface area contributed by atoms with Crippen LogP contribution in [0.15, 0.2) is 54.6 Å². The lowest BCUT2D eigenvalue weighted by Crippen LogP contribution is -2.11. The van der Waals surface area contributed by atoms with Crippen molar-refractivity contribution in [1.82, 2.24) is 0 Å². The molecule has 0 atom stereocenters. The zero-order chi connectivity index (χ0) is 13.2. The molecule has 1 heterocycles. The van der Waals surface area contributed by atoms with Crippen molar-refractivity contribution >= 4 is 17.2 Å². The number of rotatable bonds is 0. The van der Waals surface area contributed by atoms with Crippen molar-refractivity contribution in [2.45, 2.75) is 0 Å². The molecule has 0 saturated carbocycles. The van der Waals surface area contributed by atoms with E-state index in [0.717, 1.165) is 22.4 Å². The molecule has 3 heteroatoms. The monoisotopic (exact) mass is 246 g/mol. The number of amides is 1. The lowest BCUT2D eigenvalue weighted by Gasteiger charge is -2.08. The number of anilines is 1. The van der Waals surface area contributed by atoms with Crippen molar-refractivity contribution in [2.24, 2.45) is 0 Å². The zero-order valence-corrected chi connectivity index (χ0v) is 10.1. The maximum atomic E-state index is 12.2. The van der Waals surface area contributed by atoms with Gasteiger partial charge in [0, 0.05) is 28.5 Å². The fourth-order valence-corrected chi connectivity index (χ4v) is 2.30. The van der Waals surface area contributed by atoms with Gasteiger partial charge in [-0.05, 0) is 17.7 Å². The normalized spacial score (nSPS) is 14.9. The van der Waals surface area contributed by atoms with Gasteiger partial charge < -0.3 is 5.32 Å². The Hall–Kier alpha value is -2.86. The van der Waals surface area contributed by atoms with Crippen LogP contribution in [0, 0.1) is 11.3 Å². The summed E-state index contributed by atoms with van der Waals surface area (Å²) in [5.41, 5.74) is 3.73. The first kappa shape index (κ1) is 11.2. The number of hydrogen-bond donors (Lipinski definition) is 1. The standard InChI is InChI=1S/C16H10N2O/c17-10-9-12-11-5-1-2-7-14(11)16(19)18-15-8-4-3-6-13(12)15/h1-9H,(H,18,19)/b12-9-. The highest BCUT2D eigenvalue weighted by atomic mass is 16.1. The molecule has 0 aromatic heterocycles. The van der Waals surface area contributed by atoms with Gasteiger partial charge in [0.1, 0.15) is 0 Å². The SMILES string of the molecule is N#C/C=C1\c2ccccc2NC(=O)c2ccccc21. The molecule has 1 aliphatic rings. The Morgan fingerprint density at radius 1 is 0.947 bits per heavy atom. The van der Waals surface area contributed by atoms with Gasteiger partial charge in [0.15, 0.2) is 0 Å². The number of nitriles is 1. The third-order valence-corrected chi connectivity index (χ3v) is 3.14. The molecule has 1 aliphatic heterocycles. The fraction of sp³-hybridized carbons (Fsp3) is 0. The summed E-state index contributed by atoms with van der Waals surface area (Å²) in [6.45, 7) is 0. The van der Waals surface area contributed by atoms with Crippen LogP contribution in [-0.2, 0) is 0 Å². The van der Waals surface area contributed by atoms with Gasteiger partial charge in [0.25, 0.3) is 5.91 Å². The molecular weight excluding hydrogens is 236 g/mol. The van der Waals surface area contributed by atoms with Crippen LogP contribution in [0.1, 0.15) is 21.5 Å². The Bertz CT molecular complexity index is 738. The number of para-hydroxylation sites is 1. The fourth-order valence-electron chi connectivity index (χ4n) is 2.30. The van der Waals surface area contributed by atoms with Crippen molar-refractivity contribution in [2.75, 3.05) is 5.32 Å².